The summed E-state index contributed by atoms with van der Waals surface area (Å²) in [6.45, 7) is 4.98. The fourth-order valence-electron chi connectivity index (χ4n) is 6.53. The van der Waals surface area contributed by atoms with Crippen LogP contribution in [0.1, 0.15) is 42.5 Å². The minimum absolute atomic E-state index is 0.0133. The average molecular weight is 460 g/mol. The Hall–Kier alpha value is -3.42. The normalized spacial score (nSPS) is 27.1. The van der Waals surface area contributed by atoms with Crippen LogP contribution in [0.2, 0.25) is 0 Å². The van der Waals surface area contributed by atoms with Crippen LogP contribution in [0.4, 0.5) is 11.5 Å². The molecule has 2 amide bonds. The van der Waals surface area contributed by atoms with E-state index in [9.17, 15) is 9.59 Å². The SMILES string of the molecule is C=CC(=O)N1C2CCC1CN(c1nc(OC)nc3c1NC(=O)C1(CCCc4ccccc41)C3)C2. The smallest absolute Gasteiger partial charge is 0.318 e. The molecular formula is C26H29N5O3. The third-order valence-corrected chi connectivity index (χ3v) is 8.06. The number of nitrogens with one attached hydrogen (secondary N) is 1. The molecule has 6 rings (SSSR count). The summed E-state index contributed by atoms with van der Waals surface area (Å²) >= 11 is 0. The van der Waals surface area contributed by atoms with Crippen LogP contribution in [0.15, 0.2) is 36.9 Å². The molecule has 2 bridgehead atoms. The van der Waals surface area contributed by atoms with Gasteiger partial charge in [0.25, 0.3) is 0 Å². The number of hydrogen-bond acceptors (Lipinski definition) is 6. The molecule has 3 aliphatic heterocycles. The summed E-state index contributed by atoms with van der Waals surface area (Å²) in [5.74, 6) is 0.697. The van der Waals surface area contributed by atoms with E-state index in [1.165, 1.54) is 11.6 Å². The fourth-order valence-corrected chi connectivity index (χ4v) is 6.53. The second-order valence-corrected chi connectivity index (χ2v) is 9.82. The van der Waals surface area contributed by atoms with Crippen LogP contribution in [-0.2, 0) is 27.8 Å². The lowest BCUT2D eigenvalue weighted by molar-refractivity contribution is -0.129. The summed E-state index contributed by atoms with van der Waals surface area (Å²) in [6, 6.07) is 8.80. The first-order valence-corrected chi connectivity index (χ1v) is 12.1. The van der Waals surface area contributed by atoms with Gasteiger partial charge < -0.3 is 19.9 Å². The standard InChI is InChI=1S/C26H29N5O3/c1-3-21(32)31-17-10-11-18(31)15-30(14-17)23-22-20(27-25(29-23)34-2)13-26(24(33)28-22)12-6-8-16-7-4-5-9-19(16)26/h3-5,7,9,17-18H,1,6,8,10-15H2,2H3,(H,28,33). The number of ether oxygens (including phenoxy) is 1. The molecule has 1 spiro atoms. The molecule has 176 valence electrons. The van der Waals surface area contributed by atoms with Gasteiger partial charge in [-0.05, 0) is 49.3 Å². The summed E-state index contributed by atoms with van der Waals surface area (Å²) in [6.07, 6.45) is 6.60. The third kappa shape index (κ3) is 3.04. The van der Waals surface area contributed by atoms with Crippen molar-refractivity contribution in [1.29, 1.82) is 0 Å². The molecule has 1 aromatic carbocycles. The highest BCUT2D eigenvalue weighted by Crippen LogP contribution is 2.47. The topological polar surface area (TPSA) is 87.7 Å². The van der Waals surface area contributed by atoms with Gasteiger partial charge in [-0.3, -0.25) is 9.59 Å². The van der Waals surface area contributed by atoms with Crippen LogP contribution in [0.25, 0.3) is 0 Å². The van der Waals surface area contributed by atoms with Crippen molar-refractivity contribution in [1.82, 2.24) is 14.9 Å². The quantitative estimate of drug-likeness (QED) is 0.710. The number of amides is 2. The molecular weight excluding hydrogens is 430 g/mol. The van der Waals surface area contributed by atoms with Crippen molar-refractivity contribution in [2.24, 2.45) is 0 Å². The van der Waals surface area contributed by atoms with Crippen molar-refractivity contribution >= 4 is 23.3 Å². The Balaban J connectivity index is 1.39. The number of anilines is 2. The number of carbonyl (C=O) groups excluding carboxylic acids is 2. The number of piperazine rings is 1. The Morgan fingerprint density at radius 1 is 1.24 bits per heavy atom. The number of aryl methyl sites for hydroxylation is 1. The average Bonchev–Trinajstić information content (AvgIpc) is 3.13. The highest BCUT2D eigenvalue weighted by atomic mass is 16.5. The van der Waals surface area contributed by atoms with Crippen LogP contribution in [0, 0.1) is 0 Å². The molecule has 4 aliphatic rings. The summed E-state index contributed by atoms with van der Waals surface area (Å²) < 4.78 is 5.49. The van der Waals surface area contributed by atoms with Gasteiger partial charge in [-0.15, -0.1) is 0 Å². The lowest BCUT2D eigenvalue weighted by Gasteiger charge is -2.44. The molecule has 0 saturated carbocycles. The predicted molar refractivity (Wildman–Crippen MR) is 128 cm³/mol. The highest BCUT2D eigenvalue weighted by Gasteiger charge is 2.49. The van der Waals surface area contributed by atoms with E-state index >= 15 is 0 Å². The number of carbonyl (C=O) groups is 2. The lowest BCUT2D eigenvalue weighted by atomic mass is 9.65. The van der Waals surface area contributed by atoms with E-state index < -0.39 is 5.41 Å². The molecule has 2 saturated heterocycles. The van der Waals surface area contributed by atoms with Crippen LogP contribution in [0.5, 0.6) is 6.01 Å². The van der Waals surface area contributed by atoms with E-state index in [2.05, 4.69) is 33.9 Å². The van der Waals surface area contributed by atoms with Gasteiger partial charge in [0.15, 0.2) is 5.82 Å². The van der Waals surface area contributed by atoms with Crippen molar-refractivity contribution in [3.63, 3.8) is 0 Å². The van der Waals surface area contributed by atoms with Gasteiger partial charge in [-0.2, -0.15) is 9.97 Å². The van der Waals surface area contributed by atoms with Crippen LogP contribution in [0.3, 0.4) is 0 Å². The van der Waals surface area contributed by atoms with Gasteiger partial charge in [0.1, 0.15) is 5.69 Å². The summed E-state index contributed by atoms with van der Waals surface area (Å²) in [4.78, 5) is 39.7. The number of fused-ring (bicyclic) bond motifs is 5. The molecule has 4 heterocycles. The molecule has 1 aromatic heterocycles. The van der Waals surface area contributed by atoms with Crippen LogP contribution < -0.4 is 15.0 Å². The zero-order valence-corrected chi connectivity index (χ0v) is 19.4. The van der Waals surface area contributed by atoms with Gasteiger partial charge >= 0.3 is 6.01 Å². The maximum atomic E-state index is 13.7. The van der Waals surface area contributed by atoms with Crippen molar-refractivity contribution in [2.75, 3.05) is 30.4 Å². The predicted octanol–water partition coefficient (Wildman–Crippen LogP) is 2.62. The van der Waals surface area contributed by atoms with E-state index in [1.54, 1.807) is 7.11 Å². The Morgan fingerprint density at radius 2 is 2.00 bits per heavy atom. The zero-order chi connectivity index (χ0) is 23.4. The molecule has 2 aromatic rings. The molecule has 8 nitrogen and oxygen atoms in total. The lowest BCUT2D eigenvalue weighted by Crippen LogP contribution is -2.56. The first-order valence-electron chi connectivity index (χ1n) is 12.1. The van der Waals surface area contributed by atoms with Gasteiger partial charge in [-0.1, -0.05) is 30.8 Å². The van der Waals surface area contributed by atoms with Crippen molar-refractivity contribution in [2.45, 2.75) is 56.0 Å². The Bertz CT molecular complexity index is 1180. The molecule has 34 heavy (non-hydrogen) atoms. The van der Waals surface area contributed by atoms with E-state index in [0.29, 0.717) is 37.0 Å². The summed E-state index contributed by atoms with van der Waals surface area (Å²) in [5, 5.41) is 3.22. The Labute approximate surface area is 199 Å². The van der Waals surface area contributed by atoms with Crippen molar-refractivity contribution in [3.8, 4) is 6.01 Å². The van der Waals surface area contributed by atoms with Crippen molar-refractivity contribution in [3.05, 3.63) is 53.7 Å². The number of rotatable bonds is 3. The minimum Gasteiger partial charge on any atom is -0.467 e. The first kappa shape index (κ1) is 21.1. The van der Waals surface area contributed by atoms with Crippen molar-refractivity contribution < 1.29 is 14.3 Å². The molecule has 1 N–H and O–H groups in total. The Morgan fingerprint density at radius 3 is 2.74 bits per heavy atom. The number of methoxy groups -OCH3 is 1. The maximum absolute atomic E-state index is 13.7. The molecule has 3 atom stereocenters. The van der Waals surface area contributed by atoms with Crippen LogP contribution >= 0.6 is 0 Å². The second kappa shape index (κ2) is 7.82. The van der Waals surface area contributed by atoms with Gasteiger partial charge in [0.2, 0.25) is 11.8 Å². The highest BCUT2D eigenvalue weighted by molar-refractivity contribution is 6.04. The van der Waals surface area contributed by atoms with E-state index in [4.69, 9.17) is 9.72 Å². The van der Waals surface area contributed by atoms with Gasteiger partial charge in [0.05, 0.1) is 18.2 Å². The zero-order valence-electron chi connectivity index (χ0n) is 19.4. The molecule has 3 unspecified atom stereocenters. The number of hydrogen-bond donors (Lipinski definition) is 1. The van der Waals surface area contributed by atoms with E-state index in [1.807, 2.05) is 17.0 Å². The van der Waals surface area contributed by atoms with E-state index in [-0.39, 0.29) is 23.9 Å². The number of aromatic nitrogens is 2. The molecule has 8 heteroatoms. The monoisotopic (exact) mass is 459 g/mol. The summed E-state index contributed by atoms with van der Waals surface area (Å²) in [5.41, 5.74) is 3.23. The molecule has 1 aliphatic carbocycles. The number of nitrogens with zero attached hydrogens (tertiary/aromatic N) is 4. The van der Waals surface area contributed by atoms with Gasteiger partial charge in [-0.25, -0.2) is 0 Å². The molecule has 2 fully saturated rings. The third-order valence-electron chi connectivity index (χ3n) is 8.06. The maximum Gasteiger partial charge on any atom is 0.318 e. The minimum atomic E-state index is -0.618. The summed E-state index contributed by atoms with van der Waals surface area (Å²) in [7, 11) is 1.57. The fraction of sp³-hybridized carbons (Fsp3) is 0.462. The van der Waals surface area contributed by atoms with Crippen LogP contribution in [-0.4, -0.2) is 59.0 Å². The first-order chi connectivity index (χ1) is 16.5. The number of benzene rings is 1. The van der Waals surface area contributed by atoms with E-state index in [0.717, 1.165) is 43.4 Å². The molecule has 0 radical (unpaired) electrons. The Kier molecular flexibility index (Phi) is 4.86. The van der Waals surface area contributed by atoms with Gasteiger partial charge in [0, 0.05) is 31.6 Å². The second-order valence-electron chi connectivity index (χ2n) is 9.82. The largest absolute Gasteiger partial charge is 0.467 e.